The second-order valence-electron chi connectivity index (χ2n) is 2.75. The molecule has 0 heterocycles. The molecule has 0 bridgehead atoms. The molecule has 0 aliphatic rings. The largest absolute Gasteiger partial charge is 0.478 e. The molecule has 0 aromatic heterocycles. The van der Waals surface area contributed by atoms with Crippen molar-refractivity contribution in [3.63, 3.8) is 0 Å². The molecule has 6 heteroatoms. The molecule has 0 radical (unpaired) electrons. The third-order valence-corrected chi connectivity index (χ3v) is 1.74. The summed E-state index contributed by atoms with van der Waals surface area (Å²) < 4.78 is 40.6. The first-order valence-corrected chi connectivity index (χ1v) is 3.90. The topological polar surface area (TPSA) is 46.5 Å². The van der Waals surface area contributed by atoms with Gasteiger partial charge in [0.2, 0.25) is 0 Å². The van der Waals surface area contributed by atoms with Crippen LogP contribution in [0.5, 0.6) is 5.75 Å². The van der Waals surface area contributed by atoms with Crippen molar-refractivity contribution >= 4 is 5.97 Å². The zero-order valence-corrected chi connectivity index (χ0v) is 7.63. The van der Waals surface area contributed by atoms with E-state index in [-0.39, 0.29) is 5.56 Å². The molecule has 1 rings (SSSR count). The number of carboxylic acid groups (broad SMARTS) is 1. The van der Waals surface area contributed by atoms with Crippen LogP contribution in [0.2, 0.25) is 0 Å². The molecule has 1 aromatic rings. The lowest BCUT2D eigenvalue weighted by atomic mass is 10.1. The summed E-state index contributed by atoms with van der Waals surface area (Å²) in [6.45, 7) is -1.90. The van der Waals surface area contributed by atoms with Gasteiger partial charge in [0.1, 0.15) is 5.56 Å². The van der Waals surface area contributed by atoms with E-state index < -0.39 is 29.7 Å². The zero-order valence-electron chi connectivity index (χ0n) is 7.63. The van der Waals surface area contributed by atoms with Crippen molar-refractivity contribution in [3.8, 4) is 5.75 Å². The number of ether oxygens (including phenoxy) is 1. The van der Waals surface area contributed by atoms with Crippen molar-refractivity contribution in [1.29, 1.82) is 0 Å². The Morgan fingerprint density at radius 3 is 2.53 bits per heavy atom. The summed E-state index contributed by atoms with van der Waals surface area (Å²) in [5, 5.41) is 8.69. The second kappa shape index (κ2) is 4.20. The molecular formula is C9H7F3O3. The van der Waals surface area contributed by atoms with Crippen LogP contribution < -0.4 is 4.74 Å². The fraction of sp³-hybridized carbons (Fsp3) is 0.222. The van der Waals surface area contributed by atoms with Crippen LogP contribution >= 0.6 is 0 Å². The van der Waals surface area contributed by atoms with Gasteiger partial charge in [0.15, 0.2) is 11.6 Å². The van der Waals surface area contributed by atoms with Crippen LogP contribution in [0.4, 0.5) is 13.2 Å². The Morgan fingerprint density at radius 2 is 2.07 bits per heavy atom. The predicted molar refractivity (Wildman–Crippen MR) is 44.7 cm³/mol. The monoisotopic (exact) mass is 220 g/mol. The standard InChI is InChI=1S/C9H7F3O3/c1-4-2-3-5(10)7(15-9(11)12)6(4)8(13)14/h2-3,9H,1H3,(H,13,14). The highest BCUT2D eigenvalue weighted by Gasteiger charge is 2.21. The number of rotatable bonds is 3. The van der Waals surface area contributed by atoms with Crippen LogP contribution in [-0.4, -0.2) is 17.7 Å². The van der Waals surface area contributed by atoms with E-state index in [1.807, 2.05) is 0 Å². The van der Waals surface area contributed by atoms with Crippen LogP contribution in [0, 0.1) is 12.7 Å². The van der Waals surface area contributed by atoms with E-state index >= 15 is 0 Å². The molecular weight excluding hydrogens is 213 g/mol. The summed E-state index contributed by atoms with van der Waals surface area (Å²) in [7, 11) is 0. The van der Waals surface area contributed by atoms with Crippen molar-refractivity contribution in [2.45, 2.75) is 13.5 Å². The van der Waals surface area contributed by atoms with Gasteiger partial charge in [-0.1, -0.05) is 6.07 Å². The molecule has 0 aliphatic carbocycles. The van der Waals surface area contributed by atoms with Crippen LogP contribution in [0.15, 0.2) is 12.1 Å². The quantitative estimate of drug-likeness (QED) is 0.850. The number of aromatic carboxylic acids is 1. The van der Waals surface area contributed by atoms with Crippen molar-refractivity contribution in [1.82, 2.24) is 0 Å². The summed E-state index contributed by atoms with van der Waals surface area (Å²) >= 11 is 0. The summed E-state index contributed by atoms with van der Waals surface area (Å²) in [6, 6.07) is 2.05. The molecule has 0 aliphatic heterocycles. The van der Waals surface area contributed by atoms with Crippen molar-refractivity contribution in [2.75, 3.05) is 0 Å². The maximum absolute atomic E-state index is 13.0. The van der Waals surface area contributed by atoms with Crippen LogP contribution in [0.1, 0.15) is 15.9 Å². The highest BCUT2D eigenvalue weighted by molar-refractivity contribution is 5.92. The van der Waals surface area contributed by atoms with E-state index in [0.29, 0.717) is 0 Å². The molecule has 1 N–H and O–H groups in total. The Balaban J connectivity index is 3.31. The molecule has 0 spiro atoms. The minimum atomic E-state index is -3.26. The van der Waals surface area contributed by atoms with Gasteiger partial charge >= 0.3 is 12.6 Å². The molecule has 3 nitrogen and oxygen atoms in total. The number of benzene rings is 1. The Bertz CT molecular complexity index is 390. The van der Waals surface area contributed by atoms with Crippen molar-refractivity contribution < 1.29 is 27.8 Å². The molecule has 0 unspecified atom stereocenters. The molecule has 15 heavy (non-hydrogen) atoms. The molecule has 0 saturated carbocycles. The van der Waals surface area contributed by atoms with Crippen LogP contribution in [0.3, 0.4) is 0 Å². The fourth-order valence-corrected chi connectivity index (χ4v) is 1.13. The Kier molecular flexibility index (Phi) is 3.18. The van der Waals surface area contributed by atoms with Gasteiger partial charge in [-0.3, -0.25) is 0 Å². The normalized spacial score (nSPS) is 10.5. The van der Waals surface area contributed by atoms with E-state index in [9.17, 15) is 18.0 Å². The maximum atomic E-state index is 13.0. The number of aryl methyl sites for hydroxylation is 1. The Hall–Kier alpha value is -1.72. The van der Waals surface area contributed by atoms with E-state index in [1.165, 1.54) is 13.0 Å². The van der Waals surface area contributed by atoms with Gasteiger partial charge in [-0.15, -0.1) is 0 Å². The molecule has 82 valence electrons. The second-order valence-corrected chi connectivity index (χ2v) is 2.75. The molecule has 0 saturated heterocycles. The van der Waals surface area contributed by atoms with Crippen LogP contribution in [-0.2, 0) is 0 Å². The van der Waals surface area contributed by atoms with Crippen molar-refractivity contribution in [3.05, 3.63) is 29.1 Å². The minimum absolute atomic E-state index is 0.152. The number of alkyl halides is 2. The zero-order chi connectivity index (χ0) is 11.6. The Labute approximate surface area is 83.1 Å². The fourth-order valence-electron chi connectivity index (χ4n) is 1.13. The number of carbonyl (C=O) groups is 1. The van der Waals surface area contributed by atoms with E-state index in [0.717, 1.165) is 6.07 Å². The van der Waals surface area contributed by atoms with E-state index in [2.05, 4.69) is 4.74 Å². The SMILES string of the molecule is Cc1ccc(F)c(OC(F)F)c1C(=O)O. The lowest BCUT2D eigenvalue weighted by Gasteiger charge is -2.10. The van der Waals surface area contributed by atoms with Gasteiger partial charge < -0.3 is 9.84 Å². The highest BCUT2D eigenvalue weighted by Crippen LogP contribution is 2.27. The Morgan fingerprint density at radius 1 is 1.47 bits per heavy atom. The first-order chi connectivity index (χ1) is 6.93. The average molecular weight is 220 g/mol. The summed E-state index contributed by atoms with van der Waals surface area (Å²) in [5.41, 5.74) is -0.435. The number of hydrogen-bond acceptors (Lipinski definition) is 2. The van der Waals surface area contributed by atoms with Crippen molar-refractivity contribution in [2.24, 2.45) is 0 Å². The summed E-state index contributed by atoms with van der Waals surface area (Å²) in [4.78, 5) is 10.7. The smallest absolute Gasteiger partial charge is 0.387 e. The predicted octanol–water partition coefficient (Wildman–Crippen LogP) is 2.43. The first-order valence-electron chi connectivity index (χ1n) is 3.90. The van der Waals surface area contributed by atoms with Crippen LogP contribution in [0.25, 0.3) is 0 Å². The number of carboxylic acids is 1. The minimum Gasteiger partial charge on any atom is -0.478 e. The lowest BCUT2D eigenvalue weighted by Crippen LogP contribution is -2.11. The third kappa shape index (κ3) is 2.39. The first kappa shape index (κ1) is 11.4. The molecule has 0 fully saturated rings. The number of halogens is 3. The average Bonchev–Trinajstić information content (AvgIpc) is 2.10. The molecule has 0 amide bonds. The molecule has 0 atom stereocenters. The third-order valence-electron chi connectivity index (χ3n) is 1.74. The summed E-state index contributed by atoms with van der Waals surface area (Å²) in [5.74, 6) is -3.57. The van der Waals surface area contributed by atoms with Gasteiger partial charge in [0.05, 0.1) is 0 Å². The lowest BCUT2D eigenvalue weighted by molar-refractivity contribution is -0.0527. The van der Waals surface area contributed by atoms with Gasteiger partial charge in [0, 0.05) is 0 Å². The van der Waals surface area contributed by atoms with Gasteiger partial charge in [-0.25, -0.2) is 9.18 Å². The van der Waals surface area contributed by atoms with E-state index in [4.69, 9.17) is 5.11 Å². The van der Waals surface area contributed by atoms with Gasteiger partial charge in [-0.2, -0.15) is 8.78 Å². The number of hydrogen-bond donors (Lipinski definition) is 1. The summed E-state index contributed by atoms with van der Waals surface area (Å²) in [6.07, 6.45) is 0. The highest BCUT2D eigenvalue weighted by atomic mass is 19.3. The van der Waals surface area contributed by atoms with Gasteiger partial charge in [-0.05, 0) is 18.6 Å². The van der Waals surface area contributed by atoms with Gasteiger partial charge in [0.25, 0.3) is 0 Å². The maximum Gasteiger partial charge on any atom is 0.387 e. The van der Waals surface area contributed by atoms with E-state index in [1.54, 1.807) is 0 Å². The molecule has 1 aromatic carbocycles.